The molecule has 0 spiro atoms. The normalized spacial score (nSPS) is 36.1. The Morgan fingerprint density at radius 3 is 2.73 bits per heavy atom. The minimum absolute atomic E-state index is 0.000490. The van der Waals surface area contributed by atoms with Gasteiger partial charge in [-0.2, -0.15) is 0 Å². The van der Waals surface area contributed by atoms with Gasteiger partial charge in [-0.3, -0.25) is 4.79 Å². The number of carbonyl (C=O) groups is 1. The van der Waals surface area contributed by atoms with E-state index in [1.54, 1.807) is 0 Å². The number of hydrogen-bond acceptors (Lipinski definition) is 3. The molecule has 0 aromatic heterocycles. The highest BCUT2D eigenvalue weighted by Crippen LogP contribution is 2.40. The molecule has 2 N–H and O–H groups in total. The Balaban J connectivity index is 2.34. The van der Waals surface area contributed by atoms with Gasteiger partial charge in [0, 0.05) is 6.54 Å². The zero-order valence-corrected chi connectivity index (χ0v) is 6.47. The summed E-state index contributed by atoms with van der Waals surface area (Å²) >= 11 is 0. The first kappa shape index (κ1) is 8.46. The molecular formula is C7H12FNO2. The van der Waals surface area contributed by atoms with Gasteiger partial charge < -0.3 is 10.5 Å². The summed E-state index contributed by atoms with van der Waals surface area (Å²) in [6.07, 6.45) is 0.437. The van der Waals surface area contributed by atoms with E-state index in [1.165, 1.54) is 7.11 Å². The van der Waals surface area contributed by atoms with Crippen LogP contribution in [0.2, 0.25) is 0 Å². The van der Waals surface area contributed by atoms with Crippen molar-refractivity contribution >= 4 is 5.97 Å². The standard InChI is InChI=1S/C7H12FNO2/c1-11-6(10)5-2-7(8,3-5)4-9/h5H,2-4,9H2,1H3. The molecule has 0 aliphatic heterocycles. The quantitative estimate of drug-likeness (QED) is 0.590. The Bertz CT molecular complexity index is 166. The predicted octanol–water partition coefficient (Wildman–Crippen LogP) is 0.236. The lowest BCUT2D eigenvalue weighted by molar-refractivity contribution is -0.154. The Hall–Kier alpha value is -0.640. The van der Waals surface area contributed by atoms with Crippen molar-refractivity contribution in [2.45, 2.75) is 18.5 Å². The first-order valence-electron chi connectivity index (χ1n) is 3.58. The van der Waals surface area contributed by atoms with Crippen molar-refractivity contribution in [2.75, 3.05) is 13.7 Å². The van der Waals surface area contributed by atoms with Crippen molar-refractivity contribution in [2.24, 2.45) is 11.7 Å². The third-order valence-corrected chi connectivity index (χ3v) is 2.12. The maximum atomic E-state index is 13.0. The summed E-state index contributed by atoms with van der Waals surface area (Å²) in [5, 5.41) is 0. The van der Waals surface area contributed by atoms with Crippen LogP contribution < -0.4 is 5.73 Å². The van der Waals surface area contributed by atoms with E-state index in [2.05, 4.69) is 4.74 Å². The molecule has 0 amide bonds. The van der Waals surface area contributed by atoms with Gasteiger partial charge in [0.15, 0.2) is 0 Å². The second-order valence-electron chi connectivity index (χ2n) is 2.98. The number of carbonyl (C=O) groups excluding carboxylic acids is 1. The van der Waals surface area contributed by atoms with E-state index in [0.717, 1.165) is 0 Å². The van der Waals surface area contributed by atoms with Crippen LogP contribution >= 0.6 is 0 Å². The summed E-state index contributed by atoms with van der Waals surface area (Å²) in [6, 6.07) is 0. The lowest BCUT2D eigenvalue weighted by Crippen LogP contribution is -2.48. The molecule has 3 nitrogen and oxygen atoms in total. The summed E-state index contributed by atoms with van der Waals surface area (Å²) < 4.78 is 17.5. The predicted molar refractivity (Wildman–Crippen MR) is 37.6 cm³/mol. The average molecular weight is 161 g/mol. The second-order valence-corrected chi connectivity index (χ2v) is 2.98. The Kier molecular flexibility index (Phi) is 2.13. The monoisotopic (exact) mass is 161 g/mol. The highest BCUT2D eigenvalue weighted by molar-refractivity contribution is 5.73. The van der Waals surface area contributed by atoms with Crippen LogP contribution in [0.4, 0.5) is 4.39 Å². The molecule has 1 rings (SSSR count). The van der Waals surface area contributed by atoms with E-state index in [4.69, 9.17) is 5.73 Å². The molecule has 1 aliphatic rings. The van der Waals surface area contributed by atoms with Gasteiger partial charge >= 0.3 is 5.97 Å². The lowest BCUT2D eigenvalue weighted by atomic mass is 9.72. The van der Waals surface area contributed by atoms with Crippen LogP contribution in [0.25, 0.3) is 0 Å². The Morgan fingerprint density at radius 1 is 1.82 bits per heavy atom. The fourth-order valence-corrected chi connectivity index (χ4v) is 1.32. The SMILES string of the molecule is COC(=O)C1CC(F)(CN)C1. The Labute approximate surface area is 64.7 Å². The molecule has 0 unspecified atom stereocenters. The van der Waals surface area contributed by atoms with Gasteiger partial charge in [0.05, 0.1) is 13.0 Å². The van der Waals surface area contributed by atoms with Crippen molar-refractivity contribution in [1.82, 2.24) is 0 Å². The summed E-state index contributed by atoms with van der Waals surface area (Å²) in [5.41, 5.74) is 3.84. The highest BCUT2D eigenvalue weighted by atomic mass is 19.1. The maximum Gasteiger partial charge on any atom is 0.308 e. The minimum Gasteiger partial charge on any atom is -0.469 e. The Morgan fingerprint density at radius 2 is 2.36 bits per heavy atom. The summed E-state index contributed by atoms with van der Waals surface area (Å²) in [4.78, 5) is 10.8. The topological polar surface area (TPSA) is 52.3 Å². The van der Waals surface area contributed by atoms with Crippen molar-refractivity contribution < 1.29 is 13.9 Å². The molecule has 0 aromatic rings. The molecule has 64 valence electrons. The first-order chi connectivity index (χ1) is 5.11. The van der Waals surface area contributed by atoms with Crippen molar-refractivity contribution in [3.63, 3.8) is 0 Å². The number of nitrogens with two attached hydrogens (primary N) is 1. The molecule has 0 heterocycles. The van der Waals surface area contributed by atoms with Crippen molar-refractivity contribution in [3.05, 3.63) is 0 Å². The molecule has 0 radical (unpaired) electrons. The first-order valence-corrected chi connectivity index (χ1v) is 3.58. The van der Waals surface area contributed by atoms with Gasteiger partial charge in [-0.05, 0) is 12.8 Å². The van der Waals surface area contributed by atoms with E-state index < -0.39 is 5.67 Å². The molecule has 11 heavy (non-hydrogen) atoms. The number of halogens is 1. The van der Waals surface area contributed by atoms with E-state index in [0.29, 0.717) is 0 Å². The van der Waals surface area contributed by atoms with E-state index in [9.17, 15) is 9.18 Å². The van der Waals surface area contributed by atoms with E-state index >= 15 is 0 Å². The lowest BCUT2D eigenvalue weighted by Gasteiger charge is -2.38. The van der Waals surface area contributed by atoms with Gasteiger partial charge in [0.2, 0.25) is 0 Å². The zero-order valence-electron chi connectivity index (χ0n) is 6.47. The third kappa shape index (κ3) is 1.50. The van der Waals surface area contributed by atoms with E-state index in [-0.39, 0.29) is 31.3 Å². The van der Waals surface area contributed by atoms with Crippen LogP contribution in [0.1, 0.15) is 12.8 Å². The van der Waals surface area contributed by atoms with Gasteiger partial charge in [0.25, 0.3) is 0 Å². The molecule has 0 bridgehead atoms. The number of ether oxygens (including phenoxy) is 1. The number of methoxy groups -OCH3 is 1. The van der Waals surface area contributed by atoms with Gasteiger partial charge in [-0.25, -0.2) is 4.39 Å². The summed E-state index contributed by atoms with van der Waals surface area (Å²) in [5.74, 6) is -0.597. The smallest absolute Gasteiger partial charge is 0.308 e. The number of hydrogen-bond donors (Lipinski definition) is 1. The third-order valence-electron chi connectivity index (χ3n) is 2.12. The van der Waals surface area contributed by atoms with Gasteiger partial charge in [-0.1, -0.05) is 0 Å². The maximum absolute atomic E-state index is 13.0. The molecular weight excluding hydrogens is 149 g/mol. The fourth-order valence-electron chi connectivity index (χ4n) is 1.32. The van der Waals surface area contributed by atoms with Gasteiger partial charge in [0.1, 0.15) is 5.67 Å². The molecule has 4 heteroatoms. The average Bonchev–Trinajstić information content (AvgIpc) is 1.97. The van der Waals surface area contributed by atoms with Crippen LogP contribution in [0.15, 0.2) is 0 Å². The molecule has 1 saturated carbocycles. The van der Waals surface area contributed by atoms with Crippen LogP contribution in [0.5, 0.6) is 0 Å². The molecule has 1 aliphatic carbocycles. The van der Waals surface area contributed by atoms with E-state index in [1.807, 2.05) is 0 Å². The van der Waals surface area contributed by atoms with Crippen molar-refractivity contribution in [3.8, 4) is 0 Å². The highest BCUT2D eigenvalue weighted by Gasteiger charge is 2.47. The largest absolute Gasteiger partial charge is 0.469 e. The second kappa shape index (κ2) is 2.77. The fraction of sp³-hybridized carbons (Fsp3) is 0.857. The van der Waals surface area contributed by atoms with Crippen molar-refractivity contribution in [1.29, 1.82) is 0 Å². The van der Waals surface area contributed by atoms with Crippen LogP contribution in [0, 0.1) is 5.92 Å². The van der Waals surface area contributed by atoms with Crippen LogP contribution in [-0.4, -0.2) is 25.3 Å². The molecule has 0 aromatic carbocycles. The van der Waals surface area contributed by atoms with Crippen LogP contribution in [-0.2, 0) is 9.53 Å². The number of esters is 1. The number of alkyl halides is 1. The number of rotatable bonds is 2. The molecule has 0 saturated heterocycles. The van der Waals surface area contributed by atoms with Crippen LogP contribution in [0.3, 0.4) is 0 Å². The summed E-state index contributed by atoms with van der Waals surface area (Å²) in [6.45, 7) is 0.000490. The molecule has 0 atom stereocenters. The molecule has 1 fully saturated rings. The minimum atomic E-state index is -1.31. The summed E-state index contributed by atoms with van der Waals surface area (Å²) in [7, 11) is 1.31. The van der Waals surface area contributed by atoms with Gasteiger partial charge in [-0.15, -0.1) is 0 Å². The zero-order chi connectivity index (χ0) is 8.48.